The summed E-state index contributed by atoms with van der Waals surface area (Å²) in [5.74, 6) is 0.715. The standard InChI is InChI=1S/C14H21N3O2S/c18-13(17-6-8-19-7-5-15-17)9-12-10-20-14(16-12)11-3-1-2-4-11/h10-11,15H,1-9H2. The third-order valence-electron chi connectivity index (χ3n) is 3.92. The van der Waals surface area contributed by atoms with Crippen molar-refractivity contribution in [1.29, 1.82) is 0 Å². The van der Waals surface area contributed by atoms with Gasteiger partial charge >= 0.3 is 0 Å². The second-order valence-corrected chi connectivity index (χ2v) is 6.29. The lowest BCUT2D eigenvalue weighted by Crippen LogP contribution is -2.44. The van der Waals surface area contributed by atoms with Crippen molar-refractivity contribution in [2.45, 2.75) is 38.0 Å². The Hall–Kier alpha value is -0.980. The van der Waals surface area contributed by atoms with E-state index in [0.29, 0.717) is 38.6 Å². The van der Waals surface area contributed by atoms with Crippen molar-refractivity contribution >= 4 is 17.2 Å². The zero-order valence-electron chi connectivity index (χ0n) is 11.6. The van der Waals surface area contributed by atoms with Gasteiger partial charge in [0, 0.05) is 17.8 Å². The van der Waals surface area contributed by atoms with E-state index in [4.69, 9.17) is 4.74 Å². The van der Waals surface area contributed by atoms with E-state index in [1.807, 2.05) is 5.38 Å². The number of nitrogens with one attached hydrogen (secondary N) is 1. The Kier molecular flexibility index (Phi) is 4.65. The molecule has 1 aliphatic carbocycles. The predicted molar refractivity (Wildman–Crippen MR) is 77.6 cm³/mol. The van der Waals surface area contributed by atoms with Gasteiger partial charge < -0.3 is 4.74 Å². The molecule has 2 heterocycles. The molecule has 1 aromatic rings. The molecular formula is C14H21N3O2S. The Bertz CT molecular complexity index is 449. The molecule has 3 rings (SSSR count). The summed E-state index contributed by atoms with van der Waals surface area (Å²) in [5, 5.41) is 4.93. The first-order chi connectivity index (χ1) is 9.83. The van der Waals surface area contributed by atoms with Crippen LogP contribution in [0.3, 0.4) is 0 Å². The number of hydrogen-bond donors (Lipinski definition) is 1. The summed E-state index contributed by atoms with van der Waals surface area (Å²) in [6.07, 6.45) is 5.53. The average Bonchev–Trinajstić information content (AvgIpc) is 3.05. The number of carbonyl (C=O) groups excluding carboxylic acids is 1. The first-order valence-electron chi connectivity index (χ1n) is 7.39. The number of thiazole rings is 1. The van der Waals surface area contributed by atoms with Crippen molar-refractivity contribution in [1.82, 2.24) is 15.4 Å². The number of aromatic nitrogens is 1. The van der Waals surface area contributed by atoms with Crippen molar-refractivity contribution in [3.05, 3.63) is 16.1 Å². The average molecular weight is 295 g/mol. The number of nitrogens with zero attached hydrogens (tertiary/aromatic N) is 2. The second-order valence-electron chi connectivity index (χ2n) is 5.40. The van der Waals surface area contributed by atoms with Crippen LogP contribution in [-0.4, -0.2) is 42.2 Å². The molecule has 0 bridgehead atoms. The van der Waals surface area contributed by atoms with E-state index in [2.05, 4.69) is 10.4 Å². The fourth-order valence-corrected chi connectivity index (χ4v) is 3.81. The summed E-state index contributed by atoms with van der Waals surface area (Å²) >= 11 is 1.71. The first kappa shape index (κ1) is 14.0. The van der Waals surface area contributed by atoms with E-state index in [-0.39, 0.29) is 5.91 Å². The molecule has 6 heteroatoms. The monoisotopic (exact) mass is 295 g/mol. The highest BCUT2D eigenvalue weighted by molar-refractivity contribution is 7.09. The summed E-state index contributed by atoms with van der Waals surface area (Å²) in [7, 11) is 0. The maximum atomic E-state index is 12.2. The Balaban J connectivity index is 1.57. The van der Waals surface area contributed by atoms with E-state index in [1.165, 1.54) is 30.7 Å². The molecule has 0 aromatic carbocycles. The molecular weight excluding hydrogens is 274 g/mol. The molecule has 1 aromatic heterocycles. The smallest absolute Gasteiger partial charge is 0.242 e. The fourth-order valence-electron chi connectivity index (χ4n) is 2.82. The minimum absolute atomic E-state index is 0.0822. The van der Waals surface area contributed by atoms with Crippen LogP contribution in [0, 0.1) is 0 Å². The van der Waals surface area contributed by atoms with Gasteiger partial charge in [-0.2, -0.15) is 0 Å². The quantitative estimate of drug-likeness (QED) is 0.922. The van der Waals surface area contributed by atoms with Crippen LogP contribution in [0.2, 0.25) is 0 Å². The SMILES string of the molecule is O=C(Cc1csc(C2CCCC2)n1)N1CCOCCN1. The van der Waals surface area contributed by atoms with Gasteiger partial charge in [-0.1, -0.05) is 12.8 Å². The summed E-state index contributed by atoms with van der Waals surface area (Å²) in [6, 6.07) is 0. The highest BCUT2D eigenvalue weighted by Crippen LogP contribution is 2.35. The van der Waals surface area contributed by atoms with Gasteiger partial charge in [0.2, 0.25) is 5.91 Å². The number of rotatable bonds is 3. The minimum Gasteiger partial charge on any atom is -0.378 e. The highest BCUT2D eigenvalue weighted by Gasteiger charge is 2.22. The molecule has 0 unspecified atom stereocenters. The second kappa shape index (κ2) is 6.65. The maximum absolute atomic E-state index is 12.2. The topological polar surface area (TPSA) is 54.5 Å². The number of ether oxygens (including phenoxy) is 1. The van der Waals surface area contributed by atoms with Crippen molar-refractivity contribution in [3.8, 4) is 0 Å². The highest BCUT2D eigenvalue weighted by atomic mass is 32.1. The zero-order valence-corrected chi connectivity index (χ0v) is 12.5. The lowest BCUT2D eigenvalue weighted by Gasteiger charge is -2.19. The van der Waals surface area contributed by atoms with Crippen LogP contribution in [-0.2, 0) is 16.0 Å². The number of amides is 1. The van der Waals surface area contributed by atoms with Gasteiger partial charge in [0.05, 0.1) is 36.9 Å². The molecule has 1 N–H and O–H groups in total. The number of hydrogen-bond acceptors (Lipinski definition) is 5. The van der Waals surface area contributed by atoms with Gasteiger partial charge in [-0.3, -0.25) is 9.80 Å². The van der Waals surface area contributed by atoms with Crippen molar-refractivity contribution in [2.75, 3.05) is 26.3 Å². The van der Waals surface area contributed by atoms with Gasteiger partial charge in [-0.25, -0.2) is 10.4 Å². The third kappa shape index (κ3) is 3.37. The Morgan fingerprint density at radius 1 is 1.45 bits per heavy atom. The van der Waals surface area contributed by atoms with Crippen molar-refractivity contribution in [3.63, 3.8) is 0 Å². The van der Waals surface area contributed by atoms with E-state index < -0.39 is 0 Å². The first-order valence-corrected chi connectivity index (χ1v) is 8.27. The van der Waals surface area contributed by atoms with Gasteiger partial charge in [0.25, 0.3) is 0 Å². The maximum Gasteiger partial charge on any atom is 0.242 e. The van der Waals surface area contributed by atoms with Crippen molar-refractivity contribution in [2.24, 2.45) is 0 Å². The van der Waals surface area contributed by atoms with Crippen LogP contribution in [0.25, 0.3) is 0 Å². The van der Waals surface area contributed by atoms with E-state index in [0.717, 1.165) is 5.69 Å². The summed E-state index contributed by atoms with van der Waals surface area (Å²) in [4.78, 5) is 16.9. The zero-order chi connectivity index (χ0) is 13.8. The molecule has 1 saturated heterocycles. The molecule has 1 amide bonds. The molecule has 0 atom stereocenters. The minimum atomic E-state index is 0.0822. The molecule has 5 nitrogen and oxygen atoms in total. The van der Waals surface area contributed by atoms with E-state index in [9.17, 15) is 4.79 Å². The van der Waals surface area contributed by atoms with Gasteiger partial charge in [0.1, 0.15) is 0 Å². The molecule has 0 spiro atoms. The molecule has 1 saturated carbocycles. The van der Waals surface area contributed by atoms with Crippen molar-refractivity contribution < 1.29 is 9.53 Å². The molecule has 1 aliphatic heterocycles. The van der Waals surface area contributed by atoms with Gasteiger partial charge in [0.15, 0.2) is 0 Å². The fraction of sp³-hybridized carbons (Fsp3) is 0.714. The molecule has 0 radical (unpaired) electrons. The van der Waals surface area contributed by atoms with Crippen LogP contribution < -0.4 is 5.43 Å². The Morgan fingerprint density at radius 2 is 2.30 bits per heavy atom. The number of hydrazine groups is 1. The summed E-state index contributed by atoms with van der Waals surface area (Å²) in [6.45, 7) is 2.56. The van der Waals surface area contributed by atoms with Crippen LogP contribution in [0.5, 0.6) is 0 Å². The molecule has 20 heavy (non-hydrogen) atoms. The molecule has 2 aliphatic rings. The third-order valence-corrected chi connectivity index (χ3v) is 4.97. The Labute approximate surface area is 123 Å². The van der Waals surface area contributed by atoms with Gasteiger partial charge in [-0.05, 0) is 12.8 Å². The number of carbonyl (C=O) groups is 1. The summed E-state index contributed by atoms with van der Waals surface area (Å²) < 4.78 is 5.33. The lowest BCUT2D eigenvalue weighted by molar-refractivity contribution is -0.133. The van der Waals surface area contributed by atoms with Crippen LogP contribution >= 0.6 is 11.3 Å². The summed E-state index contributed by atoms with van der Waals surface area (Å²) in [5.41, 5.74) is 4.01. The van der Waals surface area contributed by atoms with Crippen LogP contribution in [0.15, 0.2) is 5.38 Å². The van der Waals surface area contributed by atoms with Gasteiger partial charge in [-0.15, -0.1) is 11.3 Å². The molecule has 2 fully saturated rings. The molecule has 110 valence electrons. The Morgan fingerprint density at radius 3 is 3.15 bits per heavy atom. The largest absolute Gasteiger partial charge is 0.378 e. The van der Waals surface area contributed by atoms with Crippen LogP contribution in [0.4, 0.5) is 0 Å². The van der Waals surface area contributed by atoms with E-state index >= 15 is 0 Å². The predicted octanol–water partition coefficient (Wildman–Crippen LogP) is 1.71. The van der Waals surface area contributed by atoms with Crippen LogP contribution in [0.1, 0.15) is 42.3 Å². The van der Waals surface area contributed by atoms with E-state index in [1.54, 1.807) is 16.3 Å². The normalized spacial score (nSPS) is 21.1. The lowest BCUT2D eigenvalue weighted by atomic mass is 10.1.